The highest BCUT2D eigenvalue weighted by Gasteiger charge is 2.15. The van der Waals surface area contributed by atoms with E-state index in [0.717, 1.165) is 0 Å². The molecular formula is C8H13N3O3. The minimum Gasteiger partial charge on any atom is -0.394 e. The Morgan fingerprint density at radius 1 is 1.50 bits per heavy atom. The Morgan fingerprint density at radius 2 is 2.14 bits per heavy atom. The Kier molecular flexibility index (Phi) is 6.07. The van der Waals surface area contributed by atoms with Crippen molar-refractivity contribution in [2.24, 2.45) is 0 Å². The van der Waals surface area contributed by atoms with Crippen molar-refractivity contribution in [1.29, 1.82) is 5.26 Å². The first kappa shape index (κ1) is 12.4. The molecule has 0 aromatic rings. The van der Waals surface area contributed by atoms with Crippen molar-refractivity contribution in [2.45, 2.75) is 19.4 Å². The molecule has 6 heteroatoms. The van der Waals surface area contributed by atoms with Gasteiger partial charge in [0, 0.05) is 0 Å². The van der Waals surface area contributed by atoms with E-state index in [1.165, 1.54) is 0 Å². The SMILES string of the molecule is CC[C@H](CO)NC(=O)C(=O)NCC#N. The van der Waals surface area contributed by atoms with E-state index >= 15 is 0 Å². The normalized spacial score (nSPS) is 11.2. The smallest absolute Gasteiger partial charge is 0.310 e. The van der Waals surface area contributed by atoms with E-state index in [-0.39, 0.29) is 13.2 Å². The van der Waals surface area contributed by atoms with Crippen molar-refractivity contribution in [2.75, 3.05) is 13.2 Å². The van der Waals surface area contributed by atoms with Gasteiger partial charge in [0.2, 0.25) is 0 Å². The molecule has 0 rings (SSSR count). The lowest BCUT2D eigenvalue weighted by atomic mass is 10.2. The zero-order valence-corrected chi connectivity index (χ0v) is 7.91. The fourth-order valence-electron chi connectivity index (χ4n) is 0.728. The van der Waals surface area contributed by atoms with Crippen LogP contribution in [-0.4, -0.2) is 36.1 Å². The molecule has 0 aliphatic rings. The number of carbonyl (C=O) groups is 2. The average Bonchev–Trinajstić information content (AvgIpc) is 2.21. The number of nitriles is 1. The molecule has 0 aromatic carbocycles. The lowest BCUT2D eigenvalue weighted by molar-refractivity contribution is -0.139. The van der Waals surface area contributed by atoms with Crippen molar-refractivity contribution >= 4 is 11.8 Å². The highest BCUT2D eigenvalue weighted by Crippen LogP contribution is 1.88. The number of nitrogens with one attached hydrogen (secondary N) is 2. The summed E-state index contributed by atoms with van der Waals surface area (Å²) in [4.78, 5) is 21.9. The number of aliphatic hydroxyl groups excluding tert-OH is 1. The molecule has 0 aromatic heterocycles. The van der Waals surface area contributed by atoms with Crippen molar-refractivity contribution in [1.82, 2.24) is 10.6 Å². The predicted octanol–water partition coefficient (Wildman–Crippen LogP) is -1.49. The lowest BCUT2D eigenvalue weighted by Crippen LogP contribution is -2.45. The standard InChI is InChI=1S/C8H13N3O3/c1-2-6(5-12)11-8(14)7(13)10-4-3-9/h6,12H,2,4-5H2,1H3,(H,10,13)(H,11,14)/t6-/m1/s1. The van der Waals surface area contributed by atoms with Gasteiger partial charge < -0.3 is 15.7 Å². The van der Waals surface area contributed by atoms with Crippen LogP contribution in [0.4, 0.5) is 0 Å². The summed E-state index contributed by atoms with van der Waals surface area (Å²) in [7, 11) is 0. The zero-order chi connectivity index (χ0) is 11.0. The van der Waals surface area contributed by atoms with Crippen molar-refractivity contribution in [3.05, 3.63) is 0 Å². The van der Waals surface area contributed by atoms with Crippen LogP contribution in [0.2, 0.25) is 0 Å². The molecule has 6 nitrogen and oxygen atoms in total. The molecule has 0 saturated carbocycles. The third kappa shape index (κ3) is 4.42. The first-order valence-corrected chi connectivity index (χ1v) is 4.22. The highest BCUT2D eigenvalue weighted by atomic mass is 16.3. The summed E-state index contributed by atoms with van der Waals surface area (Å²) in [6.07, 6.45) is 0.535. The molecule has 1 atom stereocenters. The summed E-state index contributed by atoms with van der Waals surface area (Å²) < 4.78 is 0. The van der Waals surface area contributed by atoms with E-state index in [9.17, 15) is 9.59 Å². The lowest BCUT2D eigenvalue weighted by Gasteiger charge is -2.12. The molecule has 0 fully saturated rings. The van der Waals surface area contributed by atoms with Crippen LogP contribution in [0.15, 0.2) is 0 Å². The number of hydrogen-bond acceptors (Lipinski definition) is 4. The van der Waals surface area contributed by atoms with Crippen molar-refractivity contribution in [3.8, 4) is 6.07 Å². The van der Waals surface area contributed by atoms with Gasteiger partial charge in [-0.1, -0.05) is 6.92 Å². The third-order valence-electron chi connectivity index (χ3n) is 1.58. The van der Waals surface area contributed by atoms with Gasteiger partial charge in [-0.15, -0.1) is 0 Å². The maximum absolute atomic E-state index is 11.0. The molecule has 3 N–H and O–H groups in total. The summed E-state index contributed by atoms with van der Waals surface area (Å²) in [5.74, 6) is -1.69. The topological polar surface area (TPSA) is 102 Å². The Bertz CT molecular complexity index is 243. The van der Waals surface area contributed by atoms with Crippen LogP contribution in [0.3, 0.4) is 0 Å². The van der Waals surface area contributed by atoms with Crippen LogP contribution in [-0.2, 0) is 9.59 Å². The number of aliphatic hydroxyl groups is 1. The van der Waals surface area contributed by atoms with E-state index in [1.54, 1.807) is 13.0 Å². The summed E-state index contributed by atoms with van der Waals surface area (Å²) in [6.45, 7) is 1.35. The molecule has 0 bridgehead atoms. The van der Waals surface area contributed by atoms with Crippen LogP contribution in [0.25, 0.3) is 0 Å². The Morgan fingerprint density at radius 3 is 2.57 bits per heavy atom. The number of amides is 2. The summed E-state index contributed by atoms with van der Waals surface area (Å²) in [5.41, 5.74) is 0. The molecule has 14 heavy (non-hydrogen) atoms. The maximum Gasteiger partial charge on any atom is 0.310 e. The van der Waals surface area contributed by atoms with Gasteiger partial charge in [0.1, 0.15) is 6.54 Å². The fourth-order valence-corrected chi connectivity index (χ4v) is 0.728. The second-order valence-electron chi connectivity index (χ2n) is 2.60. The maximum atomic E-state index is 11.0. The first-order valence-electron chi connectivity index (χ1n) is 4.22. The van der Waals surface area contributed by atoms with E-state index in [1.807, 2.05) is 0 Å². The molecular weight excluding hydrogens is 186 g/mol. The minimum absolute atomic E-state index is 0.206. The Labute approximate surface area is 81.9 Å². The summed E-state index contributed by atoms with van der Waals surface area (Å²) in [5, 5.41) is 21.3. The van der Waals surface area contributed by atoms with Gasteiger partial charge in [0.25, 0.3) is 0 Å². The zero-order valence-electron chi connectivity index (χ0n) is 7.91. The molecule has 2 amide bonds. The minimum atomic E-state index is -0.863. The molecule has 0 heterocycles. The second-order valence-corrected chi connectivity index (χ2v) is 2.60. The van der Waals surface area contributed by atoms with Crippen LogP contribution >= 0.6 is 0 Å². The molecule has 78 valence electrons. The number of rotatable bonds is 4. The monoisotopic (exact) mass is 199 g/mol. The van der Waals surface area contributed by atoms with Crippen LogP contribution in [0.5, 0.6) is 0 Å². The average molecular weight is 199 g/mol. The van der Waals surface area contributed by atoms with Gasteiger partial charge in [0.15, 0.2) is 0 Å². The number of nitrogens with zero attached hydrogens (tertiary/aromatic N) is 1. The van der Waals surface area contributed by atoms with Crippen molar-refractivity contribution < 1.29 is 14.7 Å². The summed E-state index contributed by atoms with van der Waals surface area (Å²) in [6, 6.07) is 1.25. The highest BCUT2D eigenvalue weighted by molar-refractivity contribution is 6.35. The van der Waals surface area contributed by atoms with Crippen LogP contribution in [0, 0.1) is 11.3 Å². The number of carbonyl (C=O) groups excluding carboxylic acids is 2. The summed E-state index contributed by atoms with van der Waals surface area (Å²) >= 11 is 0. The third-order valence-corrected chi connectivity index (χ3v) is 1.58. The largest absolute Gasteiger partial charge is 0.394 e. The molecule has 0 aliphatic heterocycles. The number of hydrogen-bond donors (Lipinski definition) is 3. The first-order chi connectivity index (χ1) is 6.65. The molecule has 0 unspecified atom stereocenters. The van der Waals surface area contributed by atoms with Gasteiger partial charge in [-0.05, 0) is 6.42 Å². The van der Waals surface area contributed by atoms with Crippen molar-refractivity contribution in [3.63, 3.8) is 0 Å². The fraction of sp³-hybridized carbons (Fsp3) is 0.625. The van der Waals surface area contributed by atoms with Gasteiger partial charge in [0.05, 0.1) is 18.7 Å². The molecule has 0 spiro atoms. The predicted molar refractivity (Wildman–Crippen MR) is 47.9 cm³/mol. The quantitative estimate of drug-likeness (QED) is 0.379. The van der Waals surface area contributed by atoms with E-state index in [2.05, 4.69) is 10.6 Å². The Hall–Kier alpha value is -1.61. The Balaban J connectivity index is 3.95. The van der Waals surface area contributed by atoms with Crippen LogP contribution in [0.1, 0.15) is 13.3 Å². The van der Waals surface area contributed by atoms with E-state index in [0.29, 0.717) is 6.42 Å². The van der Waals surface area contributed by atoms with Gasteiger partial charge in [-0.3, -0.25) is 9.59 Å². The van der Waals surface area contributed by atoms with Crippen LogP contribution < -0.4 is 10.6 Å². The second kappa shape index (κ2) is 6.86. The van der Waals surface area contributed by atoms with E-state index < -0.39 is 17.9 Å². The molecule has 0 aliphatic carbocycles. The van der Waals surface area contributed by atoms with Gasteiger partial charge in [-0.2, -0.15) is 5.26 Å². The molecule has 0 radical (unpaired) electrons. The van der Waals surface area contributed by atoms with Gasteiger partial charge in [-0.25, -0.2) is 0 Å². The van der Waals surface area contributed by atoms with Gasteiger partial charge >= 0.3 is 11.8 Å². The molecule has 0 saturated heterocycles. The van der Waals surface area contributed by atoms with E-state index in [4.69, 9.17) is 10.4 Å².